The number of thiophene rings is 1. The van der Waals surface area contributed by atoms with Crippen molar-refractivity contribution in [3.63, 3.8) is 0 Å². The molecule has 2 nitrogen and oxygen atoms in total. The summed E-state index contributed by atoms with van der Waals surface area (Å²) in [5.74, 6) is -0.422. The molecule has 94 valence electrons. The Morgan fingerprint density at radius 2 is 2.06 bits per heavy atom. The molecule has 1 aromatic heterocycles. The van der Waals surface area contributed by atoms with Crippen LogP contribution in [0, 0.1) is 5.82 Å². The van der Waals surface area contributed by atoms with Gasteiger partial charge < -0.3 is 5.32 Å². The fourth-order valence-electron chi connectivity index (χ4n) is 1.54. The highest BCUT2D eigenvalue weighted by Crippen LogP contribution is 2.21. The molecule has 18 heavy (non-hydrogen) atoms. The van der Waals surface area contributed by atoms with Crippen LogP contribution in [0.3, 0.4) is 0 Å². The number of benzene rings is 1. The zero-order valence-corrected chi connectivity index (χ0v) is 11.0. The van der Waals surface area contributed by atoms with Gasteiger partial charge in [0.2, 0.25) is 0 Å². The maximum atomic E-state index is 13.3. The molecule has 2 aromatic rings. The van der Waals surface area contributed by atoms with Crippen LogP contribution < -0.4 is 5.32 Å². The van der Waals surface area contributed by atoms with Gasteiger partial charge >= 0.3 is 0 Å². The molecule has 0 atom stereocenters. The number of carbonyl (C=O) groups excluding carboxylic acids is 1. The fraction of sp³-hybridized carbons (Fsp3) is 0.154. The van der Waals surface area contributed by atoms with Crippen LogP contribution in [-0.4, -0.2) is 12.5 Å². The number of hydrogen-bond acceptors (Lipinski definition) is 2. The molecule has 0 saturated carbocycles. The second-order valence-electron chi connectivity index (χ2n) is 3.70. The van der Waals surface area contributed by atoms with Gasteiger partial charge in [-0.2, -0.15) is 0 Å². The second-order valence-corrected chi connectivity index (χ2v) is 5.42. The van der Waals surface area contributed by atoms with Crippen LogP contribution in [0.25, 0.3) is 0 Å². The van der Waals surface area contributed by atoms with E-state index in [1.54, 1.807) is 30.3 Å². The van der Waals surface area contributed by atoms with E-state index in [1.165, 1.54) is 17.4 Å². The van der Waals surface area contributed by atoms with Crippen LogP contribution in [0.15, 0.2) is 36.4 Å². The van der Waals surface area contributed by atoms with Crippen LogP contribution in [-0.2, 0) is 6.42 Å². The number of amides is 1. The van der Waals surface area contributed by atoms with Gasteiger partial charge in [-0.05, 0) is 30.2 Å². The van der Waals surface area contributed by atoms with Gasteiger partial charge in [0.05, 0.1) is 9.21 Å². The van der Waals surface area contributed by atoms with Crippen LogP contribution in [0.5, 0.6) is 0 Å². The Balaban J connectivity index is 1.86. The summed E-state index contributed by atoms with van der Waals surface area (Å²) in [7, 11) is 0. The van der Waals surface area contributed by atoms with Gasteiger partial charge in [0, 0.05) is 6.54 Å². The third-order valence-corrected chi connectivity index (χ3v) is 3.66. The molecule has 0 aliphatic heterocycles. The summed E-state index contributed by atoms with van der Waals surface area (Å²) in [4.78, 5) is 12.2. The minimum absolute atomic E-state index is 0.178. The smallest absolute Gasteiger partial charge is 0.261 e. The maximum Gasteiger partial charge on any atom is 0.261 e. The largest absolute Gasteiger partial charge is 0.351 e. The van der Waals surface area contributed by atoms with Gasteiger partial charge in [0.1, 0.15) is 5.82 Å². The lowest BCUT2D eigenvalue weighted by Gasteiger charge is -2.04. The SMILES string of the molecule is O=C(NCCc1ccccc1F)c1ccc(Cl)s1. The average Bonchev–Trinajstić information content (AvgIpc) is 2.78. The van der Waals surface area contributed by atoms with Crippen molar-refractivity contribution < 1.29 is 9.18 Å². The Morgan fingerprint density at radius 1 is 1.28 bits per heavy atom. The Kier molecular flexibility index (Phi) is 4.33. The lowest BCUT2D eigenvalue weighted by molar-refractivity contribution is 0.0958. The molecule has 0 aliphatic carbocycles. The monoisotopic (exact) mass is 283 g/mol. The van der Waals surface area contributed by atoms with E-state index < -0.39 is 0 Å². The summed E-state index contributed by atoms with van der Waals surface area (Å²) in [5.41, 5.74) is 0.599. The van der Waals surface area contributed by atoms with Crippen molar-refractivity contribution in [2.24, 2.45) is 0 Å². The molecular weight excluding hydrogens is 273 g/mol. The number of hydrogen-bond donors (Lipinski definition) is 1. The fourth-order valence-corrected chi connectivity index (χ4v) is 2.49. The van der Waals surface area contributed by atoms with Crippen molar-refractivity contribution in [3.8, 4) is 0 Å². The molecule has 1 amide bonds. The summed E-state index contributed by atoms with van der Waals surface area (Å²) in [6.07, 6.45) is 0.470. The molecule has 1 aromatic carbocycles. The highest BCUT2D eigenvalue weighted by molar-refractivity contribution is 7.17. The lowest BCUT2D eigenvalue weighted by Crippen LogP contribution is -2.25. The second kappa shape index (κ2) is 5.98. The zero-order chi connectivity index (χ0) is 13.0. The first kappa shape index (κ1) is 13.1. The van der Waals surface area contributed by atoms with Crippen LogP contribution in [0.1, 0.15) is 15.2 Å². The highest BCUT2D eigenvalue weighted by atomic mass is 35.5. The van der Waals surface area contributed by atoms with Crippen LogP contribution in [0.4, 0.5) is 4.39 Å². The molecular formula is C13H11ClFNOS. The van der Waals surface area contributed by atoms with Gasteiger partial charge in [-0.15, -0.1) is 11.3 Å². The normalized spacial score (nSPS) is 10.3. The van der Waals surface area contributed by atoms with Gasteiger partial charge in [0.25, 0.3) is 5.91 Å². The van der Waals surface area contributed by atoms with Crippen LogP contribution in [0.2, 0.25) is 4.34 Å². The van der Waals surface area contributed by atoms with E-state index in [1.807, 2.05) is 0 Å². The Labute approximate surface area is 113 Å². The summed E-state index contributed by atoms with van der Waals surface area (Å²) >= 11 is 6.97. The molecule has 0 radical (unpaired) electrons. The molecule has 5 heteroatoms. The van der Waals surface area contributed by atoms with Crippen molar-refractivity contribution >= 4 is 28.8 Å². The predicted octanol–water partition coefficient (Wildman–Crippen LogP) is 3.51. The van der Waals surface area contributed by atoms with E-state index in [9.17, 15) is 9.18 Å². The summed E-state index contributed by atoms with van der Waals surface area (Å²) < 4.78 is 13.9. The number of rotatable bonds is 4. The van der Waals surface area contributed by atoms with Crippen LogP contribution >= 0.6 is 22.9 Å². The van der Waals surface area contributed by atoms with E-state index in [0.29, 0.717) is 27.7 Å². The third kappa shape index (κ3) is 3.31. The first-order chi connectivity index (χ1) is 8.66. The minimum atomic E-state index is -0.245. The molecule has 0 spiro atoms. The summed E-state index contributed by atoms with van der Waals surface area (Å²) in [5, 5.41) is 2.73. The highest BCUT2D eigenvalue weighted by Gasteiger charge is 2.08. The maximum absolute atomic E-state index is 13.3. The van der Waals surface area contributed by atoms with E-state index in [-0.39, 0.29) is 11.7 Å². The molecule has 0 saturated heterocycles. The van der Waals surface area contributed by atoms with Gasteiger partial charge in [-0.3, -0.25) is 4.79 Å². The predicted molar refractivity (Wildman–Crippen MR) is 71.8 cm³/mol. The quantitative estimate of drug-likeness (QED) is 0.914. The van der Waals surface area contributed by atoms with Gasteiger partial charge in [-0.1, -0.05) is 29.8 Å². The Hall–Kier alpha value is -1.39. The zero-order valence-electron chi connectivity index (χ0n) is 9.45. The molecule has 0 unspecified atom stereocenters. The number of halogens is 2. The van der Waals surface area contributed by atoms with Crippen molar-refractivity contribution in [2.45, 2.75) is 6.42 Å². The van der Waals surface area contributed by atoms with E-state index in [0.717, 1.165) is 0 Å². The number of nitrogens with one attached hydrogen (secondary N) is 1. The molecule has 2 rings (SSSR count). The number of carbonyl (C=O) groups is 1. The standard InChI is InChI=1S/C13H11ClFNOS/c14-12-6-5-11(18-12)13(17)16-8-7-9-3-1-2-4-10(9)15/h1-6H,7-8H2,(H,16,17). The molecule has 1 heterocycles. The summed E-state index contributed by atoms with van der Waals surface area (Å²) in [6.45, 7) is 0.398. The molecule has 0 bridgehead atoms. The van der Waals surface area contributed by atoms with E-state index >= 15 is 0 Å². The van der Waals surface area contributed by atoms with Crippen molar-refractivity contribution in [3.05, 3.63) is 57.0 Å². The Morgan fingerprint density at radius 3 is 2.72 bits per heavy atom. The van der Waals surface area contributed by atoms with E-state index in [2.05, 4.69) is 5.32 Å². The molecule has 0 fully saturated rings. The van der Waals surface area contributed by atoms with Crippen molar-refractivity contribution in [2.75, 3.05) is 6.54 Å². The van der Waals surface area contributed by atoms with Crippen molar-refractivity contribution in [1.29, 1.82) is 0 Å². The third-order valence-electron chi connectivity index (χ3n) is 2.43. The first-order valence-corrected chi connectivity index (χ1v) is 6.63. The minimum Gasteiger partial charge on any atom is -0.351 e. The summed E-state index contributed by atoms with van der Waals surface area (Å²) in [6, 6.07) is 9.90. The van der Waals surface area contributed by atoms with Crippen molar-refractivity contribution in [1.82, 2.24) is 5.32 Å². The molecule has 1 N–H and O–H groups in total. The topological polar surface area (TPSA) is 29.1 Å². The average molecular weight is 284 g/mol. The van der Waals surface area contributed by atoms with E-state index in [4.69, 9.17) is 11.6 Å². The molecule has 0 aliphatic rings. The Bertz CT molecular complexity index is 555. The first-order valence-electron chi connectivity index (χ1n) is 5.44. The van der Waals surface area contributed by atoms with Gasteiger partial charge in [0.15, 0.2) is 0 Å². The van der Waals surface area contributed by atoms with Gasteiger partial charge in [-0.25, -0.2) is 4.39 Å². The lowest BCUT2D eigenvalue weighted by atomic mass is 10.1.